The van der Waals surface area contributed by atoms with Crippen LogP contribution in [0.15, 0.2) is 29.4 Å². The molecule has 1 fully saturated rings. The monoisotopic (exact) mass is 371 g/mol. The number of nitrogens with one attached hydrogen (secondary N) is 1. The van der Waals surface area contributed by atoms with Gasteiger partial charge in [-0.3, -0.25) is 14.5 Å². The summed E-state index contributed by atoms with van der Waals surface area (Å²) in [5.41, 5.74) is 1.40. The largest absolute Gasteiger partial charge is 0.323 e. The van der Waals surface area contributed by atoms with Crippen molar-refractivity contribution >= 4 is 35.0 Å². The highest BCUT2D eigenvalue weighted by Gasteiger charge is 2.33. The first-order valence-electron chi connectivity index (χ1n) is 8.88. The van der Waals surface area contributed by atoms with E-state index in [1.54, 1.807) is 11.0 Å². The minimum Gasteiger partial charge on any atom is -0.323 e. The van der Waals surface area contributed by atoms with Crippen molar-refractivity contribution in [3.8, 4) is 0 Å². The fraction of sp³-hybridized carbons (Fsp3) is 0.444. The molecule has 136 valence electrons. The van der Waals surface area contributed by atoms with Crippen LogP contribution < -0.4 is 10.2 Å². The maximum Gasteiger partial charge on any atom is 0.244 e. The molecule has 2 amide bonds. The second kappa shape index (κ2) is 6.75. The van der Waals surface area contributed by atoms with Crippen LogP contribution in [0.3, 0.4) is 0 Å². The lowest BCUT2D eigenvalue weighted by Crippen LogP contribution is -2.45. The Kier molecular flexibility index (Phi) is 4.44. The summed E-state index contributed by atoms with van der Waals surface area (Å²) < 4.78 is 2.10. The van der Waals surface area contributed by atoms with Crippen molar-refractivity contribution in [1.82, 2.24) is 14.8 Å². The van der Waals surface area contributed by atoms with Crippen LogP contribution >= 0.6 is 11.8 Å². The van der Waals surface area contributed by atoms with Crippen molar-refractivity contribution in [3.05, 3.63) is 30.1 Å². The Morgan fingerprint density at radius 1 is 1.35 bits per heavy atom. The molecule has 1 aromatic carbocycles. The SMILES string of the molecule is CCn1c(S[C@@H](C)C(=O)N2CC(=O)Nc3ccccc32)nnc1C1CC1. The van der Waals surface area contributed by atoms with E-state index >= 15 is 0 Å². The standard InChI is InChI=1S/C18H21N5O2S/c1-3-22-16(12-8-9-12)20-21-18(22)26-11(2)17(25)23-10-15(24)19-13-6-4-5-7-14(13)23/h4-7,11-12H,3,8-10H2,1-2H3,(H,19,24)/t11-/m0/s1. The van der Waals surface area contributed by atoms with E-state index in [1.165, 1.54) is 11.8 Å². The van der Waals surface area contributed by atoms with Crippen molar-refractivity contribution in [2.24, 2.45) is 0 Å². The van der Waals surface area contributed by atoms with E-state index in [-0.39, 0.29) is 23.6 Å². The van der Waals surface area contributed by atoms with E-state index < -0.39 is 0 Å². The number of nitrogens with zero attached hydrogens (tertiary/aromatic N) is 4. The summed E-state index contributed by atoms with van der Waals surface area (Å²) in [6, 6.07) is 7.36. The molecular weight excluding hydrogens is 350 g/mol. The van der Waals surface area contributed by atoms with Gasteiger partial charge in [0, 0.05) is 12.5 Å². The molecule has 2 aromatic rings. The second-order valence-corrected chi connectivity index (χ2v) is 7.92. The first kappa shape index (κ1) is 17.1. The van der Waals surface area contributed by atoms with Crippen LogP contribution in [0.2, 0.25) is 0 Å². The highest BCUT2D eigenvalue weighted by atomic mass is 32.2. The third-order valence-electron chi connectivity index (χ3n) is 4.67. The molecule has 26 heavy (non-hydrogen) atoms. The molecule has 8 heteroatoms. The van der Waals surface area contributed by atoms with E-state index in [1.807, 2.05) is 25.1 Å². The molecule has 1 aliphatic heterocycles. The van der Waals surface area contributed by atoms with Crippen LogP contribution in [-0.4, -0.2) is 38.4 Å². The predicted octanol–water partition coefficient (Wildman–Crippen LogP) is 2.64. The number of carbonyl (C=O) groups excluding carboxylic acids is 2. The summed E-state index contributed by atoms with van der Waals surface area (Å²) >= 11 is 1.40. The molecule has 1 aliphatic carbocycles. The zero-order chi connectivity index (χ0) is 18.3. The van der Waals surface area contributed by atoms with Crippen LogP contribution in [0.5, 0.6) is 0 Å². The van der Waals surface area contributed by atoms with Crippen molar-refractivity contribution in [3.63, 3.8) is 0 Å². The molecule has 4 rings (SSSR count). The Morgan fingerprint density at radius 3 is 2.85 bits per heavy atom. The summed E-state index contributed by atoms with van der Waals surface area (Å²) in [5.74, 6) is 1.26. The molecule has 1 atom stereocenters. The lowest BCUT2D eigenvalue weighted by atomic mass is 10.2. The summed E-state index contributed by atoms with van der Waals surface area (Å²) in [6.07, 6.45) is 2.33. The summed E-state index contributed by atoms with van der Waals surface area (Å²) in [6.45, 7) is 4.75. The zero-order valence-corrected chi connectivity index (χ0v) is 15.6. The summed E-state index contributed by atoms with van der Waals surface area (Å²) in [7, 11) is 0. The molecule has 1 aromatic heterocycles. The number of hydrogen-bond donors (Lipinski definition) is 1. The predicted molar refractivity (Wildman–Crippen MR) is 100 cm³/mol. The molecule has 0 bridgehead atoms. The number of benzene rings is 1. The Labute approximate surface area is 156 Å². The number of anilines is 2. The van der Waals surface area contributed by atoms with Gasteiger partial charge in [-0.1, -0.05) is 23.9 Å². The number of thioether (sulfide) groups is 1. The van der Waals surface area contributed by atoms with Gasteiger partial charge in [0.05, 0.1) is 16.6 Å². The number of para-hydroxylation sites is 2. The summed E-state index contributed by atoms with van der Waals surface area (Å²) in [5, 5.41) is 11.8. The fourth-order valence-corrected chi connectivity index (χ4v) is 4.17. The lowest BCUT2D eigenvalue weighted by Gasteiger charge is -2.30. The van der Waals surface area contributed by atoms with Crippen molar-refractivity contribution in [2.75, 3.05) is 16.8 Å². The highest BCUT2D eigenvalue weighted by molar-refractivity contribution is 8.00. The first-order valence-corrected chi connectivity index (χ1v) is 9.76. The van der Waals surface area contributed by atoms with Gasteiger partial charge in [-0.25, -0.2) is 0 Å². The van der Waals surface area contributed by atoms with Gasteiger partial charge in [-0.05, 0) is 38.8 Å². The van der Waals surface area contributed by atoms with Crippen molar-refractivity contribution in [1.29, 1.82) is 0 Å². The molecule has 1 saturated carbocycles. The van der Waals surface area contributed by atoms with Crippen LogP contribution in [-0.2, 0) is 16.1 Å². The molecule has 2 aliphatic rings. The van der Waals surface area contributed by atoms with Gasteiger partial charge in [0.25, 0.3) is 0 Å². The Bertz CT molecular complexity index is 861. The third-order valence-corrected chi connectivity index (χ3v) is 5.74. The quantitative estimate of drug-likeness (QED) is 0.818. The average Bonchev–Trinajstić information content (AvgIpc) is 3.41. The van der Waals surface area contributed by atoms with Gasteiger partial charge in [0.1, 0.15) is 12.4 Å². The van der Waals surface area contributed by atoms with Gasteiger partial charge in [-0.2, -0.15) is 0 Å². The Balaban J connectivity index is 1.55. The minimum absolute atomic E-state index is 0.0362. The fourth-order valence-electron chi connectivity index (χ4n) is 3.19. The maximum absolute atomic E-state index is 13.0. The second-order valence-electron chi connectivity index (χ2n) is 6.61. The molecule has 7 nitrogen and oxygen atoms in total. The number of fused-ring (bicyclic) bond motifs is 1. The van der Waals surface area contributed by atoms with Crippen molar-refractivity contribution in [2.45, 2.75) is 49.6 Å². The topological polar surface area (TPSA) is 80.1 Å². The molecule has 2 heterocycles. The number of hydrogen-bond acceptors (Lipinski definition) is 5. The normalized spacial score (nSPS) is 17.6. The first-order chi connectivity index (χ1) is 12.6. The zero-order valence-electron chi connectivity index (χ0n) is 14.8. The molecule has 1 N–H and O–H groups in total. The van der Waals surface area contributed by atoms with Gasteiger partial charge in [0.15, 0.2) is 5.16 Å². The van der Waals surface area contributed by atoms with Crippen LogP contribution in [0.1, 0.15) is 38.4 Å². The maximum atomic E-state index is 13.0. The van der Waals surface area contributed by atoms with Crippen molar-refractivity contribution < 1.29 is 9.59 Å². The van der Waals surface area contributed by atoms with Gasteiger partial charge < -0.3 is 9.88 Å². The molecule has 0 radical (unpaired) electrons. The smallest absolute Gasteiger partial charge is 0.244 e. The van der Waals surface area contributed by atoms with Gasteiger partial charge >= 0.3 is 0 Å². The molecule has 0 saturated heterocycles. The average molecular weight is 371 g/mol. The van der Waals surface area contributed by atoms with Crippen LogP contribution in [0, 0.1) is 0 Å². The molecular formula is C18H21N5O2S. The highest BCUT2D eigenvalue weighted by Crippen LogP contribution is 2.40. The Hall–Kier alpha value is -2.35. The van der Waals surface area contributed by atoms with E-state index in [0.717, 1.165) is 36.1 Å². The van der Waals surface area contributed by atoms with Crippen LogP contribution in [0.4, 0.5) is 11.4 Å². The number of rotatable bonds is 5. The van der Waals surface area contributed by atoms with E-state index in [9.17, 15) is 9.59 Å². The Morgan fingerprint density at radius 2 is 2.12 bits per heavy atom. The van der Waals surface area contributed by atoms with Gasteiger partial charge in [-0.15, -0.1) is 10.2 Å². The van der Waals surface area contributed by atoms with Gasteiger partial charge in [0.2, 0.25) is 11.8 Å². The lowest BCUT2D eigenvalue weighted by molar-refractivity contribution is -0.121. The van der Waals surface area contributed by atoms with Crippen LogP contribution in [0.25, 0.3) is 0 Å². The molecule has 0 spiro atoms. The number of amides is 2. The minimum atomic E-state index is -0.365. The van der Waals surface area contributed by atoms with E-state index in [0.29, 0.717) is 11.6 Å². The number of carbonyl (C=O) groups is 2. The van der Waals surface area contributed by atoms with E-state index in [2.05, 4.69) is 27.0 Å². The third kappa shape index (κ3) is 3.09. The summed E-state index contributed by atoms with van der Waals surface area (Å²) in [4.78, 5) is 26.6. The number of aromatic nitrogens is 3. The molecule has 0 unspecified atom stereocenters. The van der Waals surface area contributed by atoms with E-state index in [4.69, 9.17) is 0 Å².